The van der Waals surface area contributed by atoms with E-state index in [-0.39, 0.29) is 0 Å². The van der Waals surface area contributed by atoms with Crippen LogP contribution in [0.15, 0.2) is 0 Å². The minimum absolute atomic E-state index is 0.667. The molecule has 1 rings (SSSR count). The van der Waals surface area contributed by atoms with Crippen LogP contribution in [0.5, 0.6) is 0 Å². The van der Waals surface area contributed by atoms with E-state index in [9.17, 15) is 0 Å². The fraction of sp³-hybridized carbons (Fsp3) is 1.00. The first kappa shape index (κ1) is 9.96. The Balaban J connectivity index is 2.39. The summed E-state index contributed by atoms with van der Waals surface area (Å²) >= 11 is 0. The number of ether oxygens (including phenoxy) is 1. The molecule has 0 aromatic heterocycles. The van der Waals surface area contributed by atoms with E-state index in [2.05, 4.69) is 31.0 Å². The maximum absolute atomic E-state index is 5.16. The Bertz CT molecular complexity index is 138. The van der Waals surface area contributed by atoms with E-state index in [4.69, 9.17) is 4.74 Å². The van der Waals surface area contributed by atoms with Gasteiger partial charge in [0.15, 0.2) is 0 Å². The number of nitrogens with zero attached hydrogens (tertiary/aromatic N) is 2. The molecule has 72 valence electrons. The van der Waals surface area contributed by atoms with Crippen LogP contribution in [0.25, 0.3) is 0 Å². The first-order valence-corrected chi connectivity index (χ1v) is 4.58. The van der Waals surface area contributed by atoms with Crippen LogP contribution in [0, 0.1) is 5.92 Å². The fourth-order valence-corrected chi connectivity index (χ4v) is 2.04. The molecule has 0 amide bonds. The molecule has 0 radical (unpaired) electrons. The second kappa shape index (κ2) is 4.21. The summed E-state index contributed by atoms with van der Waals surface area (Å²) in [4.78, 5) is 0. The van der Waals surface area contributed by atoms with Crippen LogP contribution in [0.1, 0.15) is 13.3 Å². The molecule has 1 heterocycles. The molecule has 1 aliphatic rings. The molecular weight excluding hydrogens is 152 g/mol. The van der Waals surface area contributed by atoms with Gasteiger partial charge in [0.2, 0.25) is 0 Å². The second-order valence-corrected chi connectivity index (χ2v) is 3.88. The molecule has 2 unspecified atom stereocenters. The third-order valence-corrected chi connectivity index (χ3v) is 2.54. The first-order valence-electron chi connectivity index (χ1n) is 4.58. The highest BCUT2D eigenvalue weighted by atomic mass is 16.5. The quantitative estimate of drug-likeness (QED) is 0.627. The fourth-order valence-electron chi connectivity index (χ4n) is 2.04. The van der Waals surface area contributed by atoms with E-state index in [0.29, 0.717) is 12.0 Å². The van der Waals surface area contributed by atoms with Gasteiger partial charge in [-0.1, -0.05) is 0 Å². The Morgan fingerprint density at radius 1 is 1.50 bits per heavy atom. The summed E-state index contributed by atoms with van der Waals surface area (Å²) in [7, 11) is 5.99. The van der Waals surface area contributed by atoms with Crippen molar-refractivity contribution in [3.8, 4) is 0 Å². The molecule has 2 atom stereocenters. The number of rotatable bonds is 3. The minimum atomic E-state index is 0.667. The molecule has 0 saturated carbocycles. The molecule has 0 aromatic rings. The maximum Gasteiger partial charge on any atom is 0.0503 e. The normalized spacial score (nSPS) is 31.8. The van der Waals surface area contributed by atoms with Gasteiger partial charge in [0.05, 0.1) is 6.61 Å². The van der Waals surface area contributed by atoms with Crippen LogP contribution >= 0.6 is 0 Å². The predicted molar refractivity (Wildman–Crippen MR) is 49.8 cm³/mol. The van der Waals surface area contributed by atoms with Gasteiger partial charge >= 0.3 is 0 Å². The van der Waals surface area contributed by atoms with Gasteiger partial charge in [0.1, 0.15) is 0 Å². The van der Waals surface area contributed by atoms with Gasteiger partial charge in [-0.15, -0.1) is 0 Å². The molecule has 0 aliphatic carbocycles. The highest BCUT2D eigenvalue weighted by Crippen LogP contribution is 2.23. The third kappa shape index (κ3) is 2.19. The lowest BCUT2D eigenvalue weighted by molar-refractivity contribution is 0.0129. The van der Waals surface area contributed by atoms with Crippen molar-refractivity contribution in [2.75, 3.05) is 34.4 Å². The molecule has 0 aromatic carbocycles. The zero-order chi connectivity index (χ0) is 9.14. The molecule has 0 spiro atoms. The number of methoxy groups -OCH3 is 1. The summed E-state index contributed by atoms with van der Waals surface area (Å²) in [5.41, 5.74) is 0. The molecule has 0 N–H and O–H groups in total. The Labute approximate surface area is 75.3 Å². The van der Waals surface area contributed by atoms with Gasteiger partial charge in [0, 0.05) is 33.8 Å². The van der Waals surface area contributed by atoms with E-state index >= 15 is 0 Å². The molecule has 1 aliphatic heterocycles. The van der Waals surface area contributed by atoms with E-state index in [0.717, 1.165) is 13.2 Å². The highest BCUT2D eigenvalue weighted by Gasteiger charge is 2.29. The SMILES string of the molecule is COCC1CC(C)N(N(C)C)C1. The lowest BCUT2D eigenvalue weighted by atomic mass is 10.1. The monoisotopic (exact) mass is 172 g/mol. The average molecular weight is 172 g/mol. The van der Waals surface area contributed by atoms with Gasteiger partial charge in [-0.3, -0.25) is 0 Å². The highest BCUT2D eigenvalue weighted by molar-refractivity contribution is 4.79. The van der Waals surface area contributed by atoms with Crippen molar-refractivity contribution >= 4 is 0 Å². The molecule has 1 fully saturated rings. The average Bonchev–Trinajstić information content (AvgIpc) is 2.32. The number of hydrogen-bond acceptors (Lipinski definition) is 3. The van der Waals surface area contributed by atoms with Gasteiger partial charge in [-0.2, -0.15) is 0 Å². The largest absolute Gasteiger partial charge is 0.384 e. The summed E-state index contributed by atoms with van der Waals surface area (Å²) in [6.07, 6.45) is 1.26. The van der Waals surface area contributed by atoms with Crippen LogP contribution in [-0.4, -0.2) is 50.4 Å². The molecule has 1 saturated heterocycles. The molecule has 12 heavy (non-hydrogen) atoms. The summed E-state index contributed by atoms with van der Waals surface area (Å²) in [5.74, 6) is 0.715. The molecular formula is C9H20N2O. The maximum atomic E-state index is 5.16. The van der Waals surface area contributed by atoms with Crippen molar-refractivity contribution in [1.29, 1.82) is 0 Å². The van der Waals surface area contributed by atoms with Gasteiger partial charge in [0.25, 0.3) is 0 Å². The molecule has 0 bridgehead atoms. The van der Waals surface area contributed by atoms with Crippen molar-refractivity contribution < 1.29 is 4.74 Å². The first-order chi connectivity index (χ1) is 5.65. The van der Waals surface area contributed by atoms with E-state index in [1.165, 1.54) is 6.42 Å². The molecule has 3 heteroatoms. The van der Waals surface area contributed by atoms with Crippen LogP contribution in [0.3, 0.4) is 0 Å². The Morgan fingerprint density at radius 3 is 2.58 bits per heavy atom. The number of hydrazine groups is 1. The smallest absolute Gasteiger partial charge is 0.0503 e. The van der Waals surface area contributed by atoms with Gasteiger partial charge < -0.3 is 4.74 Å². The van der Waals surface area contributed by atoms with Crippen LogP contribution < -0.4 is 0 Å². The van der Waals surface area contributed by atoms with Crippen molar-refractivity contribution in [1.82, 2.24) is 10.0 Å². The van der Waals surface area contributed by atoms with E-state index in [1.54, 1.807) is 7.11 Å². The summed E-state index contributed by atoms with van der Waals surface area (Å²) in [6, 6.07) is 0.667. The minimum Gasteiger partial charge on any atom is -0.384 e. The van der Waals surface area contributed by atoms with Crippen molar-refractivity contribution in [2.24, 2.45) is 5.92 Å². The van der Waals surface area contributed by atoms with Crippen molar-refractivity contribution in [2.45, 2.75) is 19.4 Å². The summed E-state index contributed by atoms with van der Waals surface area (Å²) in [6.45, 7) is 4.31. The van der Waals surface area contributed by atoms with Crippen molar-refractivity contribution in [3.63, 3.8) is 0 Å². The Hall–Kier alpha value is -0.120. The Morgan fingerprint density at radius 2 is 2.17 bits per heavy atom. The summed E-state index contributed by atoms with van der Waals surface area (Å²) < 4.78 is 5.16. The Kier molecular flexibility index (Phi) is 3.50. The lowest BCUT2D eigenvalue weighted by Gasteiger charge is -2.28. The zero-order valence-corrected chi connectivity index (χ0v) is 8.58. The van der Waals surface area contributed by atoms with Crippen molar-refractivity contribution in [3.05, 3.63) is 0 Å². The van der Waals surface area contributed by atoms with E-state index < -0.39 is 0 Å². The molecule has 3 nitrogen and oxygen atoms in total. The van der Waals surface area contributed by atoms with Gasteiger partial charge in [-0.05, 0) is 19.3 Å². The van der Waals surface area contributed by atoms with Crippen LogP contribution in [-0.2, 0) is 4.74 Å². The van der Waals surface area contributed by atoms with E-state index in [1.807, 2.05) is 0 Å². The topological polar surface area (TPSA) is 15.7 Å². The lowest BCUT2D eigenvalue weighted by Crippen LogP contribution is -2.39. The second-order valence-electron chi connectivity index (χ2n) is 3.88. The number of hydrogen-bond donors (Lipinski definition) is 0. The van der Waals surface area contributed by atoms with Gasteiger partial charge in [-0.25, -0.2) is 10.0 Å². The summed E-state index contributed by atoms with van der Waals surface area (Å²) in [5, 5.41) is 4.57. The van der Waals surface area contributed by atoms with Crippen LogP contribution in [0.2, 0.25) is 0 Å². The zero-order valence-electron chi connectivity index (χ0n) is 8.58. The predicted octanol–water partition coefficient (Wildman–Crippen LogP) is 0.820. The van der Waals surface area contributed by atoms with Crippen LogP contribution in [0.4, 0.5) is 0 Å². The third-order valence-electron chi connectivity index (χ3n) is 2.54. The standard InChI is InChI=1S/C9H20N2O/c1-8-5-9(7-12-4)6-11(8)10(2)3/h8-9H,5-7H2,1-4H3.